The lowest BCUT2D eigenvalue weighted by Crippen LogP contribution is -2.49. The fraction of sp³-hybridized carbons (Fsp3) is 0.320. The van der Waals surface area contributed by atoms with Gasteiger partial charge in [-0.3, -0.25) is 0 Å². The highest BCUT2D eigenvalue weighted by Gasteiger charge is 2.44. The maximum absolute atomic E-state index is 13.2. The van der Waals surface area contributed by atoms with E-state index in [2.05, 4.69) is 0 Å². The van der Waals surface area contributed by atoms with Crippen molar-refractivity contribution in [2.45, 2.75) is 44.4 Å². The van der Waals surface area contributed by atoms with Crippen LogP contribution in [0.3, 0.4) is 0 Å². The van der Waals surface area contributed by atoms with E-state index in [1.165, 1.54) is 12.1 Å². The molecule has 6 heteroatoms. The zero-order valence-corrected chi connectivity index (χ0v) is 18.4. The normalized spacial score (nSPS) is 20.9. The largest absolute Gasteiger partial charge is 0.437 e. The summed E-state index contributed by atoms with van der Waals surface area (Å²) in [6.45, 7) is 4.26. The van der Waals surface area contributed by atoms with E-state index in [9.17, 15) is 14.3 Å². The number of thiophene rings is 1. The molecule has 1 amide bonds. The summed E-state index contributed by atoms with van der Waals surface area (Å²) >= 11 is 1.55. The van der Waals surface area contributed by atoms with Crippen LogP contribution in [0.1, 0.15) is 43.2 Å². The van der Waals surface area contributed by atoms with Crippen molar-refractivity contribution >= 4 is 17.4 Å². The maximum atomic E-state index is 13.2. The van der Waals surface area contributed by atoms with Gasteiger partial charge in [0.15, 0.2) is 5.60 Å². The van der Waals surface area contributed by atoms with E-state index in [0.717, 1.165) is 21.6 Å². The zero-order valence-electron chi connectivity index (χ0n) is 17.6. The Morgan fingerprint density at radius 3 is 2.29 bits per heavy atom. The van der Waals surface area contributed by atoms with E-state index >= 15 is 0 Å². The van der Waals surface area contributed by atoms with E-state index in [0.29, 0.717) is 19.4 Å². The van der Waals surface area contributed by atoms with Crippen molar-refractivity contribution in [3.05, 3.63) is 82.3 Å². The van der Waals surface area contributed by atoms with Crippen LogP contribution in [0.25, 0.3) is 11.1 Å². The van der Waals surface area contributed by atoms with Crippen molar-refractivity contribution in [3.8, 4) is 11.1 Å². The topological polar surface area (TPSA) is 49.8 Å². The van der Waals surface area contributed by atoms with Crippen LogP contribution in [0.15, 0.2) is 66.0 Å². The third kappa shape index (κ3) is 4.50. The molecule has 0 radical (unpaired) electrons. The lowest BCUT2D eigenvalue weighted by molar-refractivity contribution is -0.0794. The highest BCUT2D eigenvalue weighted by molar-refractivity contribution is 7.10. The predicted molar refractivity (Wildman–Crippen MR) is 120 cm³/mol. The Balaban J connectivity index is 1.50. The van der Waals surface area contributed by atoms with Crippen molar-refractivity contribution < 1.29 is 19.0 Å². The van der Waals surface area contributed by atoms with Gasteiger partial charge in [0.05, 0.1) is 12.1 Å². The molecule has 1 aliphatic rings. The van der Waals surface area contributed by atoms with Gasteiger partial charge in [0.25, 0.3) is 0 Å². The van der Waals surface area contributed by atoms with Crippen LogP contribution in [0.4, 0.5) is 9.18 Å². The molecule has 0 aliphatic carbocycles. The van der Waals surface area contributed by atoms with Crippen LogP contribution in [0.2, 0.25) is 0 Å². The number of hydrogen-bond acceptors (Lipinski definition) is 4. The monoisotopic (exact) mass is 439 g/mol. The van der Waals surface area contributed by atoms with Crippen molar-refractivity contribution in [2.24, 2.45) is 0 Å². The van der Waals surface area contributed by atoms with Crippen molar-refractivity contribution in [3.63, 3.8) is 0 Å². The number of cyclic esters (lactones) is 1. The highest BCUT2D eigenvalue weighted by Crippen LogP contribution is 2.42. The smallest absolute Gasteiger partial charge is 0.411 e. The minimum absolute atomic E-state index is 0.150. The van der Waals surface area contributed by atoms with Gasteiger partial charge >= 0.3 is 6.09 Å². The minimum Gasteiger partial charge on any atom is -0.437 e. The lowest BCUT2D eigenvalue weighted by atomic mass is 9.89. The number of amides is 1. The Bertz CT molecular complexity index is 1020. The summed E-state index contributed by atoms with van der Waals surface area (Å²) in [6, 6.07) is 18.1. The molecule has 1 unspecified atom stereocenters. The first-order chi connectivity index (χ1) is 14.9. The number of aliphatic hydroxyl groups excluding tert-OH is 1. The number of aliphatic hydroxyl groups is 1. The fourth-order valence-electron chi connectivity index (χ4n) is 4.23. The second-order valence-corrected chi connectivity index (χ2v) is 9.09. The van der Waals surface area contributed by atoms with Gasteiger partial charge in [-0.2, -0.15) is 0 Å². The third-order valence-corrected chi connectivity index (χ3v) is 6.96. The maximum Gasteiger partial charge on any atom is 0.411 e. The van der Waals surface area contributed by atoms with Crippen LogP contribution in [0.5, 0.6) is 0 Å². The molecule has 4 rings (SSSR count). The quantitative estimate of drug-likeness (QED) is 0.503. The van der Waals surface area contributed by atoms with Gasteiger partial charge in [-0.05, 0) is 54.1 Å². The van der Waals surface area contributed by atoms with E-state index in [1.807, 2.05) is 48.7 Å². The highest BCUT2D eigenvalue weighted by atomic mass is 32.1. The molecule has 1 saturated heterocycles. The molecule has 0 spiro atoms. The predicted octanol–water partition coefficient (Wildman–Crippen LogP) is 6.12. The SMILES string of the molecule is CC(O)C[C@@]1(c2cccs2)CCN([C@@H](C)c2ccc(-c3ccc(F)cc3)cc2)C(=O)O1. The van der Waals surface area contributed by atoms with Crippen molar-refractivity contribution in [1.82, 2.24) is 4.90 Å². The number of benzene rings is 2. The molecule has 162 valence electrons. The van der Waals surface area contributed by atoms with Gasteiger partial charge in [0.1, 0.15) is 5.82 Å². The van der Waals surface area contributed by atoms with Crippen LogP contribution in [-0.4, -0.2) is 28.7 Å². The number of rotatable bonds is 6. The summed E-state index contributed by atoms with van der Waals surface area (Å²) in [5.74, 6) is -0.258. The van der Waals surface area contributed by atoms with Gasteiger partial charge in [-0.25, -0.2) is 9.18 Å². The Morgan fingerprint density at radius 1 is 1.10 bits per heavy atom. The van der Waals surface area contributed by atoms with Crippen LogP contribution in [0, 0.1) is 5.82 Å². The molecule has 31 heavy (non-hydrogen) atoms. The Hall–Kier alpha value is -2.70. The molecule has 1 N–H and O–H groups in total. The van der Waals surface area contributed by atoms with Crippen molar-refractivity contribution in [2.75, 3.05) is 6.54 Å². The van der Waals surface area contributed by atoms with Crippen molar-refractivity contribution in [1.29, 1.82) is 0 Å². The summed E-state index contributed by atoms with van der Waals surface area (Å²) in [5, 5.41) is 12.0. The van der Waals surface area contributed by atoms with Gasteiger partial charge in [0.2, 0.25) is 0 Å². The first-order valence-electron chi connectivity index (χ1n) is 10.5. The molecule has 1 aliphatic heterocycles. The molecule has 0 saturated carbocycles. The number of carbonyl (C=O) groups is 1. The number of carbonyl (C=O) groups excluding carboxylic acids is 1. The van der Waals surface area contributed by atoms with E-state index in [1.54, 1.807) is 35.3 Å². The van der Waals surface area contributed by atoms with Crippen LogP contribution in [-0.2, 0) is 10.3 Å². The van der Waals surface area contributed by atoms with Crippen LogP contribution >= 0.6 is 11.3 Å². The Kier molecular flexibility index (Phi) is 6.12. The van der Waals surface area contributed by atoms with Gasteiger partial charge in [-0.1, -0.05) is 42.5 Å². The second-order valence-electron chi connectivity index (χ2n) is 8.14. The number of nitrogens with zero attached hydrogens (tertiary/aromatic N) is 1. The molecule has 4 nitrogen and oxygen atoms in total. The molecule has 1 aromatic heterocycles. The van der Waals surface area contributed by atoms with Crippen LogP contribution < -0.4 is 0 Å². The molecule has 0 bridgehead atoms. The average molecular weight is 440 g/mol. The van der Waals surface area contributed by atoms with Gasteiger partial charge in [-0.15, -0.1) is 11.3 Å². The molecule has 3 atom stereocenters. The number of hydrogen-bond donors (Lipinski definition) is 1. The van der Waals surface area contributed by atoms with E-state index in [-0.39, 0.29) is 18.0 Å². The summed E-state index contributed by atoms with van der Waals surface area (Å²) in [4.78, 5) is 15.7. The lowest BCUT2D eigenvalue weighted by Gasteiger charge is -2.43. The fourth-order valence-corrected chi connectivity index (χ4v) is 5.13. The molecule has 3 aromatic rings. The first-order valence-corrected chi connectivity index (χ1v) is 11.3. The number of ether oxygens (including phenoxy) is 1. The minimum atomic E-state index is -0.776. The molecule has 2 heterocycles. The van der Waals surface area contributed by atoms with E-state index in [4.69, 9.17) is 4.74 Å². The molecular formula is C25H26FNO3S. The first kappa shape index (κ1) is 21.5. The van der Waals surface area contributed by atoms with Gasteiger partial charge < -0.3 is 14.7 Å². The second kappa shape index (κ2) is 8.81. The Morgan fingerprint density at radius 2 is 1.74 bits per heavy atom. The Labute approximate surface area is 185 Å². The summed E-state index contributed by atoms with van der Waals surface area (Å²) in [6.07, 6.45) is 0.0732. The molecule has 2 aromatic carbocycles. The standard InChI is InChI=1S/C25H26FNO3S/c1-17(28)16-25(23-4-3-15-31-23)13-14-27(24(29)30-25)18(2)19-5-7-20(8-6-19)21-9-11-22(26)12-10-21/h3-12,15,17-18,28H,13-14,16H2,1-2H3/t17?,18-,25+/m0/s1. The zero-order chi connectivity index (χ0) is 22.0. The van der Waals surface area contributed by atoms with Gasteiger partial charge in [0, 0.05) is 24.3 Å². The summed E-state index contributed by atoms with van der Waals surface area (Å²) in [7, 11) is 0. The summed E-state index contributed by atoms with van der Waals surface area (Å²) in [5.41, 5.74) is 2.16. The molecular weight excluding hydrogens is 413 g/mol. The number of halogens is 1. The third-order valence-electron chi connectivity index (χ3n) is 5.91. The molecule has 1 fully saturated rings. The van der Waals surface area contributed by atoms with E-state index < -0.39 is 11.7 Å². The average Bonchev–Trinajstić information content (AvgIpc) is 3.29. The summed E-state index contributed by atoms with van der Waals surface area (Å²) < 4.78 is 19.2.